The maximum Gasteiger partial charge on any atom is 0.136 e. The number of pyridine rings is 1. The van der Waals surface area contributed by atoms with Gasteiger partial charge in [0.25, 0.3) is 0 Å². The summed E-state index contributed by atoms with van der Waals surface area (Å²) >= 11 is 3.54. The van der Waals surface area contributed by atoms with Crippen LogP contribution in [-0.4, -0.2) is 30.3 Å². The molecule has 0 aliphatic rings. The molecule has 0 saturated heterocycles. The average molecular weight is 310 g/mol. The molecule has 1 aromatic heterocycles. The second kappa shape index (κ2) is 5.12. The predicted octanol–water partition coefficient (Wildman–Crippen LogP) is 2.32. The van der Waals surface area contributed by atoms with Crippen molar-refractivity contribution in [1.82, 2.24) is 4.98 Å². The molecule has 3 N–H and O–H groups in total. The molecule has 1 heterocycles. The second-order valence-electron chi connectivity index (χ2n) is 4.25. The van der Waals surface area contributed by atoms with Crippen LogP contribution in [0.2, 0.25) is 0 Å². The fourth-order valence-electron chi connectivity index (χ4n) is 2.00. The van der Waals surface area contributed by atoms with Crippen LogP contribution in [0.5, 0.6) is 0 Å². The van der Waals surface area contributed by atoms with Crippen LogP contribution < -0.4 is 10.6 Å². The van der Waals surface area contributed by atoms with Crippen molar-refractivity contribution in [2.45, 2.75) is 6.92 Å². The highest BCUT2D eigenvalue weighted by Crippen LogP contribution is 2.35. The van der Waals surface area contributed by atoms with Crippen molar-refractivity contribution in [2.75, 3.05) is 30.8 Å². The summed E-state index contributed by atoms with van der Waals surface area (Å²) in [4.78, 5) is 6.50. The Morgan fingerprint density at radius 2 is 2.17 bits per heavy atom. The minimum absolute atomic E-state index is 0.0943. The summed E-state index contributed by atoms with van der Waals surface area (Å²) < 4.78 is 0.928. The van der Waals surface area contributed by atoms with Crippen LogP contribution in [0.15, 0.2) is 22.7 Å². The number of nitrogen functional groups attached to an aromatic ring is 1. The van der Waals surface area contributed by atoms with Crippen LogP contribution >= 0.6 is 15.9 Å². The molecule has 96 valence electrons. The fraction of sp³-hybridized carbons (Fsp3) is 0.308. The third kappa shape index (κ3) is 2.15. The highest BCUT2D eigenvalue weighted by Gasteiger charge is 2.14. The highest BCUT2D eigenvalue weighted by molar-refractivity contribution is 9.10. The first kappa shape index (κ1) is 13.1. The number of anilines is 2. The van der Waals surface area contributed by atoms with Gasteiger partial charge in [0, 0.05) is 34.5 Å². The SMILES string of the molecule is Cc1nc(N(C)CCO)c2cccc(N)c2c1Br. The largest absolute Gasteiger partial charge is 0.398 e. The molecule has 1 aromatic carbocycles. The number of aliphatic hydroxyl groups is 1. The Bertz CT molecular complexity index is 586. The molecule has 0 saturated carbocycles. The Kier molecular flexibility index (Phi) is 3.73. The Morgan fingerprint density at radius 3 is 2.83 bits per heavy atom. The predicted molar refractivity (Wildman–Crippen MR) is 78.9 cm³/mol. The van der Waals surface area contributed by atoms with Gasteiger partial charge in [-0.25, -0.2) is 4.98 Å². The summed E-state index contributed by atoms with van der Waals surface area (Å²) in [5, 5.41) is 11.0. The van der Waals surface area contributed by atoms with Crippen LogP contribution in [0.3, 0.4) is 0 Å². The van der Waals surface area contributed by atoms with Gasteiger partial charge in [0.2, 0.25) is 0 Å². The summed E-state index contributed by atoms with van der Waals surface area (Å²) in [6.45, 7) is 2.57. The molecule has 0 amide bonds. The van der Waals surface area contributed by atoms with Gasteiger partial charge in [0.1, 0.15) is 5.82 Å². The number of halogens is 1. The van der Waals surface area contributed by atoms with E-state index in [2.05, 4.69) is 20.9 Å². The van der Waals surface area contributed by atoms with Crippen LogP contribution in [-0.2, 0) is 0 Å². The molecule has 0 aliphatic carbocycles. The van der Waals surface area contributed by atoms with Crippen molar-refractivity contribution < 1.29 is 5.11 Å². The zero-order chi connectivity index (χ0) is 13.3. The molecule has 18 heavy (non-hydrogen) atoms. The van der Waals surface area contributed by atoms with Crippen molar-refractivity contribution >= 4 is 38.2 Å². The lowest BCUT2D eigenvalue weighted by Crippen LogP contribution is -2.22. The molecular weight excluding hydrogens is 294 g/mol. The van der Waals surface area contributed by atoms with Crippen LogP contribution in [0, 0.1) is 6.92 Å². The third-order valence-electron chi connectivity index (χ3n) is 2.95. The van der Waals surface area contributed by atoms with Crippen LogP contribution in [0.4, 0.5) is 11.5 Å². The Labute approximate surface area is 115 Å². The van der Waals surface area contributed by atoms with Gasteiger partial charge in [-0.1, -0.05) is 12.1 Å². The zero-order valence-electron chi connectivity index (χ0n) is 10.4. The van der Waals surface area contributed by atoms with E-state index in [0.29, 0.717) is 6.54 Å². The van der Waals surface area contributed by atoms with Gasteiger partial charge in [0.15, 0.2) is 0 Å². The molecule has 0 bridgehead atoms. The van der Waals surface area contributed by atoms with Crippen molar-refractivity contribution in [3.63, 3.8) is 0 Å². The minimum atomic E-state index is 0.0943. The van der Waals surface area contributed by atoms with Crippen molar-refractivity contribution in [2.24, 2.45) is 0 Å². The molecule has 0 radical (unpaired) electrons. The third-order valence-corrected chi connectivity index (χ3v) is 3.92. The van der Waals surface area contributed by atoms with Gasteiger partial charge in [-0.3, -0.25) is 0 Å². The van der Waals surface area contributed by atoms with E-state index in [0.717, 1.165) is 32.4 Å². The number of nitrogens with two attached hydrogens (primary N) is 1. The zero-order valence-corrected chi connectivity index (χ0v) is 12.0. The quantitative estimate of drug-likeness (QED) is 0.854. The minimum Gasteiger partial charge on any atom is -0.398 e. The molecular formula is C13H16BrN3O. The van der Waals surface area contributed by atoms with Gasteiger partial charge in [0.05, 0.1) is 12.3 Å². The van der Waals surface area contributed by atoms with E-state index in [-0.39, 0.29) is 6.61 Å². The topological polar surface area (TPSA) is 62.4 Å². The first-order valence-electron chi connectivity index (χ1n) is 5.72. The average Bonchev–Trinajstić information content (AvgIpc) is 2.34. The first-order valence-corrected chi connectivity index (χ1v) is 6.52. The molecule has 0 atom stereocenters. The Morgan fingerprint density at radius 1 is 1.44 bits per heavy atom. The monoisotopic (exact) mass is 309 g/mol. The first-order chi connectivity index (χ1) is 8.56. The van der Waals surface area contributed by atoms with Crippen LogP contribution in [0.25, 0.3) is 10.8 Å². The number of rotatable bonds is 3. The number of aryl methyl sites for hydroxylation is 1. The van der Waals surface area contributed by atoms with Gasteiger partial charge < -0.3 is 15.7 Å². The number of aliphatic hydroxyl groups excluding tert-OH is 1. The Hall–Kier alpha value is -1.33. The molecule has 0 spiro atoms. The van der Waals surface area contributed by atoms with Crippen LogP contribution in [0.1, 0.15) is 5.69 Å². The number of aromatic nitrogens is 1. The molecule has 2 rings (SSSR count). The van der Waals surface area contributed by atoms with Crippen molar-refractivity contribution in [3.05, 3.63) is 28.4 Å². The number of fused-ring (bicyclic) bond motifs is 1. The maximum atomic E-state index is 9.05. The van der Waals surface area contributed by atoms with E-state index >= 15 is 0 Å². The smallest absolute Gasteiger partial charge is 0.136 e. The number of benzene rings is 1. The van der Waals surface area contributed by atoms with E-state index in [1.54, 1.807) is 0 Å². The molecule has 0 unspecified atom stereocenters. The molecule has 2 aromatic rings. The van der Waals surface area contributed by atoms with E-state index in [9.17, 15) is 0 Å². The number of likely N-dealkylation sites (N-methyl/N-ethyl adjacent to an activating group) is 1. The summed E-state index contributed by atoms with van der Waals surface area (Å²) in [6.07, 6.45) is 0. The van der Waals surface area contributed by atoms with Gasteiger partial charge in [-0.05, 0) is 28.9 Å². The lowest BCUT2D eigenvalue weighted by molar-refractivity contribution is 0.304. The highest BCUT2D eigenvalue weighted by atomic mass is 79.9. The van der Waals surface area contributed by atoms with E-state index in [1.165, 1.54) is 0 Å². The van der Waals surface area contributed by atoms with Gasteiger partial charge in [-0.15, -0.1) is 0 Å². The van der Waals surface area contributed by atoms with E-state index in [1.807, 2.05) is 37.1 Å². The summed E-state index contributed by atoms with van der Waals surface area (Å²) in [5.74, 6) is 0.840. The maximum absolute atomic E-state index is 9.05. The lowest BCUT2D eigenvalue weighted by Gasteiger charge is -2.21. The molecule has 5 heteroatoms. The Balaban J connectivity index is 2.75. The molecule has 4 nitrogen and oxygen atoms in total. The van der Waals surface area contributed by atoms with E-state index < -0.39 is 0 Å². The summed E-state index contributed by atoms with van der Waals surface area (Å²) in [6, 6.07) is 5.78. The summed E-state index contributed by atoms with van der Waals surface area (Å²) in [7, 11) is 1.91. The molecule has 0 aliphatic heterocycles. The second-order valence-corrected chi connectivity index (χ2v) is 5.04. The van der Waals surface area contributed by atoms with Gasteiger partial charge in [-0.2, -0.15) is 0 Å². The number of hydrogen-bond acceptors (Lipinski definition) is 4. The standard InChI is InChI=1S/C13H16BrN3O/c1-8-12(14)11-9(4-3-5-10(11)15)13(16-8)17(2)6-7-18/h3-5,18H,6-7,15H2,1-2H3. The summed E-state index contributed by atoms with van der Waals surface area (Å²) in [5.41, 5.74) is 7.66. The number of nitrogens with zero attached hydrogens (tertiary/aromatic N) is 2. The number of hydrogen-bond donors (Lipinski definition) is 2. The van der Waals surface area contributed by atoms with E-state index in [4.69, 9.17) is 10.8 Å². The fourth-order valence-corrected chi connectivity index (χ4v) is 2.53. The normalized spacial score (nSPS) is 10.9. The van der Waals surface area contributed by atoms with Gasteiger partial charge >= 0.3 is 0 Å². The molecule has 0 fully saturated rings. The van der Waals surface area contributed by atoms with Crippen molar-refractivity contribution in [1.29, 1.82) is 0 Å². The van der Waals surface area contributed by atoms with Crippen molar-refractivity contribution in [3.8, 4) is 0 Å². The lowest BCUT2D eigenvalue weighted by atomic mass is 10.1.